The van der Waals surface area contributed by atoms with Gasteiger partial charge in [0.25, 0.3) is 5.69 Å². The van der Waals surface area contributed by atoms with Gasteiger partial charge in [-0.05, 0) is 49.2 Å². The lowest BCUT2D eigenvalue weighted by Gasteiger charge is -2.10. The van der Waals surface area contributed by atoms with Gasteiger partial charge in [0.05, 0.1) is 4.92 Å². The van der Waals surface area contributed by atoms with Crippen LogP contribution < -0.4 is 4.18 Å². The number of nitrogens with zero attached hydrogens (tertiary/aromatic N) is 1. The number of hydrogen-bond donors (Lipinski definition) is 0. The topological polar surface area (TPSA) is 86.5 Å². The predicted octanol–water partition coefficient (Wildman–Crippen LogP) is 4.29. The molecule has 122 valence electrons. The lowest BCUT2D eigenvalue weighted by Crippen LogP contribution is -2.10. The van der Waals surface area contributed by atoms with Gasteiger partial charge in [0.1, 0.15) is 15.7 Å². The van der Waals surface area contributed by atoms with Crippen molar-refractivity contribution < 1.29 is 17.5 Å². The third-order valence-electron chi connectivity index (χ3n) is 3.02. The molecule has 0 aliphatic rings. The Kier molecular flexibility index (Phi) is 4.84. The number of nitro groups is 1. The van der Waals surface area contributed by atoms with Gasteiger partial charge < -0.3 is 4.18 Å². The van der Waals surface area contributed by atoms with Gasteiger partial charge in [-0.15, -0.1) is 0 Å². The van der Waals surface area contributed by atoms with Gasteiger partial charge in [0, 0.05) is 11.1 Å². The highest BCUT2D eigenvalue weighted by atomic mass is 35.5. The normalized spacial score (nSPS) is 11.3. The van der Waals surface area contributed by atoms with E-state index in [9.17, 15) is 18.5 Å². The molecule has 0 radical (unpaired) electrons. The minimum atomic E-state index is -4.24. The summed E-state index contributed by atoms with van der Waals surface area (Å²) in [6.07, 6.45) is 0. The van der Waals surface area contributed by atoms with E-state index < -0.39 is 20.7 Å². The molecule has 0 unspecified atom stereocenters. The molecule has 0 saturated carbocycles. The second kappa shape index (κ2) is 6.35. The largest absolute Gasteiger partial charge is 0.379 e. The Labute approximate surface area is 142 Å². The lowest BCUT2D eigenvalue weighted by atomic mass is 10.1. The monoisotopic (exact) mass is 375 g/mol. The van der Waals surface area contributed by atoms with Crippen LogP contribution in [0.4, 0.5) is 5.69 Å². The van der Waals surface area contributed by atoms with Crippen LogP contribution in [0.15, 0.2) is 35.2 Å². The molecule has 9 heteroatoms. The second-order valence-corrected chi connectivity index (χ2v) is 7.11. The van der Waals surface area contributed by atoms with E-state index in [2.05, 4.69) is 0 Å². The average Bonchev–Trinajstić information content (AvgIpc) is 2.44. The maximum Gasteiger partial charge on any atom is 0.339 e. The molecule has 2 rings (SSSR count). The van der Waals surface area contributed by atoms with Crippen molar-refractivity contribution in [2.24, 2.45) is 0 Å². The molecule has 0 aromatic heterocycles. The van der Waals surface area contributed by atoms with Crippen molar-refractivity contribution in [1.82, 2.24) is 0 Å². The van der Waals surface area contributed by atoms with Crippen molar-refractivity contribution in [3.05, 3.63) is 61.6 Å². The van der Waals surface area contributed by atoms with Crippen LogP contribution in [0.25, 0.3) is 0 Å². The molecule has 0 aliphatic carbocycles. The lowest BCUT2D eigenvalue weighted by molar-refractivity contribution is -0.384. The van der Waals surface area contributed by atoms with E-state index in [1.165, 1.54) is 12.1 Å². The summed E-state index contributed by atoms with van der Waals surface area (Å²) >= 11 is 11.7. The molecule has 0 fully saturated rings. The minimum absolute atomic E-state index is 0.0713. The summed E-state index contributed by atoms with van der Waals surface area (Å²) in [5.41, 5.74) is 0.790. The Hall–Kier alpha value is -1.83. The first-order valence-electron chi connectivity index (χ1n) is 6.27. The molecule has 2 aromatic carbocycles. The first-order chi connectivity index (χ1) is 10.6. The molecule has 0 saturated heterocycles. The first kappa shape index (κ1) is 17.5. The standard InChI is InChI=1S/C14H11Cl2NO5S/c1-8-5-10(6-9(2)14(8)16)22-23(20,21)11-3-4-12(15)13(7-11)17(18)19/h3-7H,1-2H3. The fraction of sp³-hybridized carbons (Fsp3) is 0.143. The van der Waals surface area contributed by atoms with Gasteiger partial charge in [-0.25, -0.2) is 0 Å². The highest BCUT2D eigenvalue weighted by molar-refractivity contribution is 7.87. The van der Waals surface area contributed by atoms with Crippen molar-refractivity contribution >= 4 is 39.0 Å². The van der Waals surface area contributed by atoms with Crippen LogP contribution in [-0.2, 0) is 10.1 Å². The van der Waals surface area contributed by atoms with Crippen molar-refractivity contribution in [1.29, 1.82) is 0 Å². The number of hydrogen-bond acceptors (Lipinski definition) is 5. The molecule has 0 atom stereocenters. The van der Waals surface area contributed by atoms with Crippen LogP contribution in [0.5, 0.6) is 5.75 Å². The van der Waals surface area contributed by atoms with Gasteiger partial charge >= 0.3 is 10.1 Å². The molecular formula is C14H11Cl2NO5S. The zero-order valence-electron chi connectivity index (χ0n) is 12.0. The van der Waals surface area contributed by atoms with Crippen LogP contribution in [0.3, 0.4) is 0 Å². The second-order valence-electron chi connectivity index (χ2n) is 4.78. The van der Waals surface area contributed by atoms with Crippen LogP contribution in [0.2, 0.25) is 10.0 Å². The number of nitro benzene ring substituents is 1. The molecule has 0 bridgehead atoms. The maximum absolute atomic E-state index is 12.3. The van der Waals surface area contributed by atoms with Crippen molar-refractivity contribution in [2.75, 3.05) is 0 Å². The highest BCUT2D eigenvalue weighted by Crippen LogP contribution is 2.30. The summed E-state index contributed by atoms with van der Waals surface area (Å²) in [6, 6.07) is 6.07. The number of aryl methyl sites for hydroxylation is 2. The van der Waals surface area contributed by atoms with E-state index in [0.29, 0.717) is 16.1 Å². The summed E-state index contributed by atoms with van der Waals surface area (Å²) in [4.78, 5) is 9.73. The van der Waals surface area contributed by atoms with E-state index in [1.807, 2.05) is 0 Å². The molecule has 0 N–H and O–H groups in total. The fourth-order valence-corrected chi connectivity index (χ4v) is 3.15. The maximum atomic E-state index is 12.3. The van der Waals surface area contributed by atoms with Crippen molar-refractivity contribution in [2.45, 2.75) is 18.7 Å². The molecule has 0 aliphatic heterocycles. The van der Waals surface area contributed by atoms with Gasteiger partial charge in [0.2, 0.25) is 0 Å². The van der Waals surface area contributed by atoms with E-state index in [4.69, 9.17) is 27.4 Å². The number of halogens is 2. The zero-order valence-corrected chi connectivity index (χ0v) is 14.4. The Bertz CT molecular complexity index is 873. The summed E-state index contributed by atoms with van der Waals surface area (Å²) < 4.78 is 29.6. The fourth-order valence-electron chi connectivity index (χ4n) is 1.92. The van der Waals surface area contributed by atoms with Crippen LogP contribution >= 0.6 is 23.2 Å². The first-order valence-corrected chi connectivity index (χ1v) is 8.43. The average molecular weight is 376 g/mol. The van der Waals surface area contributed by atoms with Gasteiger partial charge in [-0.1, -0.05) is 23.2 Å². The molecule has 6 nitrogen and oxygen atoms in total. The van der Waals surface area contributed by atoms with Crippen LogP contribution in [-0.4, -0.2) is 13.3 Å². The molecule has 2 aromatic rings. The van der Waals surface area contributed by atoms with Crippen molar-refractivity contribution in [3.63, 3.8) is 0 Å². The Morgan fingerprint density at radius 3 is 2.17 bits per heavy atom. The highest BCUT2D eigenvalue weighted by Gasteiger charge is 2.23. The summed E-state index contributed by atoms with van der Waals surface area (Å²) in [5, 5.41) is 11.2. The molecule has 0 heterocycles. The molecule has 0 spiro atoms. The Morgan fingerprint density at radius 1 is 1.09 bits per heavy atom. The summed E-state index contributed by atoms with van der Waals surface area (Å²) in [5.74, 6) is 0.0713. The zero-order chi connectivity index (χ0) is 17.4. The summed E-state index contributed by atoms with van der Waals surface area (Å²) in [7, 11) is -4.24. The molecule has 0 amide bonds. The van der Waals surface area contributed by atoms with Gasteiger partial charge in [-0.3, -0.25) is 10.1 Å². The Morgan fingerprint density at radius 2 is 1.65 bits per heavy atom. The van der Waals surface area contributed by atoms with E-state index in [-0.39, 0.29) is 15.7 Å². The van der Waals surface area contributed by atoms with Gasteiger partial charge in [0.15, 0.2) is 0 Å². The summed E-state index contributed by atoms with van der Waals surface area (Å²) in [6.45, 7) is 3.42. The predicted molar refractivity (Wildman–Crippen MR) is 86.8 cm³/mol. The van der Waals surface area contributed by atoms with Crippen LogP contribution in [0.1, 0.15) is 11.1 Å². The van der Waals surface area contributed by atoms with Crippen molar-refractivity contribution in [3.8, 4) is 5.75 Å². The van der Waals surface area contributed by atoms with E-state index in [0.717, 1.165) is 18.2 Å². The SMILES string of the molecule is Cc1cc(OS(=O)(=O)c2ccc(Cl)c([N+](=O)[O-])c2)cc(C)c1Cl. The third kappa shape index (κ3) is 3.74. The number of rotatable bonds is 4. The quantitative estimate of drug-likeness (QED) is 0.451. The van der Waals surface area contributed by atoms with Crippen LogP contribution in [0, 0.1) is 24.0 Å². The third-order valence-corrected chi connectivity index (χ3v) is 5.18. The Balaban J connectivity index is 2.44. The van der Waals surface area contributed by atoms with Gasteiger partial charge in [-0.2, -0.15) is 8.42 Å². The molecule has 23 heavy (non-hydrogen) atoms. The minimum Gasteiger partial charge on any atom is -0.379 e. The smallest absolute Gasteiger partial charge is 0.339 e. The van der Waals surface area contributed by atoms with E-state index in [1.54, 1.807) is 13.8 Å². The molecular weight excluding hydrogens is 365 g/mol. The number of benzene rings is 2. The van der Waals surface area contributed by atoms with E-state index >= 15 is 0 Å².